The molecule has 0 fully saturated rings. The predicted octanol–water partition coefficient (Wildman–Crippen LogP) is 2.74. The van der Waals surface area contributed by atoms with Crippen molar-refractivity contribution in [3.63, 3.8) is 0 Å². The lowest BCUT2D eigenvalue weighted by atomic mass is 10.1. The number of fused-ring (bicyclic) bond motifs is 1. The highest BCUT2D eigenvalue weighted by atomic mass is 32.2. The molecule has 0 unspecified atom stereocenters. The summed E-state index contributed by atoms with van der Waals surface area (Å²) in [5.41, 5.74) is 0.985. The molecule has 8 heteroatoms. The minimum Gasteiger partial charge on any atom is -0.481 e. The Morgan fingerprint density at radius 3 is 2.88 bits per heavy atom. The van der Waals surface area contributed by atoms with Gasteiger partial charge in [0.2, 0.25) is 5.91 Å². The van der Waals surface area contributed by atoms with E-state index in [1.807, 2.05) is 11.4 Å². The van der Waals surface area contributed by atoms with E-state index < -0.39 is 12.0 Å². The summed E-state index contributed by atoms with van der Waals surface area (Å²) >= 11 is 2.81. The van der Waals surface area contributed by atoms with Gasteiger partial charge in [-0.1, -0.05) is 6.07 Å². The highest BCUT2D eigenvalue weighted by Gasteiger charge is 2.21. The first-order valence-electron chi connectivity index (χ1n) is 7.15. The van der Waals surface area contributed by atoms with Crippen molar-refractivity contribution in [2.45, 2.75) is 17.4 Å². The third-order valence-corrected chi connectivity index (χ3v) is 5.50. The molecule has 0 spiro atoms. The maximum Gasteiger partial charge on any atom is 0.305 e. The molecule has 1 aromatic carbocycles. The number of rotatable bonds is 5. The quantitative estimate of drug-likeness (QED) is 0.760. The minimum atomic E-state index is -0.984. The number of thioether (sulfide) groups is 1. The molecule has 124 valence electrons. The predicted molar refractivity (Wildman–Crippen MR) is 92.6 cm³/mol. The number of carbonyl (C=O) groups excluding carboxylic acids is 2. The van der Waals surface area contributed by atoms with Crippen LogP contribution < -0.4 is 10.6 Å². The molecule has 3 rings (SSSR count). The molecule has 1 aliphatic rings. The number of carbonyl (C=O) groups is 3. The lowest BCUT2D eigenvalue weighted by Crippen LogP contribution is -2.30. The summed E-state index contributed by atoms with van der Waals surface area (Å²) in [4.78, 5) is 36.7. The Kier molecular flexibility index (Phi) is 4.86. The Morgan fingerprint density at radius 2 is 2.17 bits per heavy atom. The third kappa shape index (κ3) is 3.77. The van der Waals surface area contributed by atoms with Crippen molar-refractivity contribution in [2.24, 2.45) is 0 Å². The zero-order chi connectivity index (χ0) is 17.1. The summed E-state index contributed by atoms with van der Waals surface area (Å²) in [5, 5.41) is 16.4. The molecular formula is C16H14N2O4S2. The van der Waals surface area contributed by atoms with E-state index >= 15 is 0 Å². The molecule has 2 aromatic rings. The van der Waals surface area contributed by atoms with E-state index in [9.17, 15) is 14.4 Å². The van der Waals surface area contributed by atoms with Gasteiger partial charge in [0.05, 0.1) is 23.9 Å². The second-order valence-corrected chi connectivity index (χ2v) is 7.18. The van der Waals surface area contributed by atoms with Crippen LogP contribution in [0.25, 0.3) is 0 Å². The summed E-state index contributed by atoms with van der Waals surface area (Å²) < 4.78 is 0. The zero-order valence-corrected chi connectivity index (χ0v) is 14.1. The molecule has 0 saturated heterocycles. The molecule has 0 aliphatic carbocycles. The van der Waals surface area contributed by atoms with Crippen molar-refractivity contribution in [3.8, 4) is 0 Å². The molecule has 6 nitrogen and oxygen atoms in total. The van der Waals surface area contributed by atoms with E-state index in [0.29, 0.717) is 17.0 Å². The van der Waals surface area contributed by atoms with E-state index in [-0.39, 0.29) is 18.2 Å². The monoisotopic (exact) mass is 362 g/mol. The van der Waals surface area contributed by atoms with Gasteiger partial charge in [-0.25, -0.2) is 0 Å². The van der Waals surface area contributed by atoms with E-state index in [0.717, 1.165) is 9.77 Å². The van der Waals surface area contributed by atoms with Crippen LogP contribution in [0.1, 0.15) is 27.7 Å². The van der Waals surface area contributed by atoms with Gasteiger partial charge < -0.3 is 15.7 Å². The number of carboxylic acid groups (broad SMARTS) is 1. The van der Waals surface area contributed by atoms with Gasteiger partial charge in [-0.15, -0.1) is 23.1 Å². The summed E-state index contributed by atoms with van der Waals surface area (Å²) in [6.07, 6.45) is -0.191. The number of hydrogen-bond donors (Lipinski definition) is 3. The molecule has 1 atom stereocenters. The summed E-state index contributed by atoms with van der Waals surface area (Å²) in [5.74, 6) is -1.10. The van der Waals surface area contributed by atoms with Crippen LogP contribution in [0.4, 0.5) is 5.69 Å². The lowest BCUT2D eigenvalue weighted by molar-refractivity contribution is -0.137. The van der Waals surface area contributed by atoms with Crippen LogP contribution in [0.5, 0.6) is 0 Å². The standard InChI is InChI=1S/C16H14N2O4S2/c19-14-8-24-13-4-3-9(6-10(13)17-14)16(22)18-11(7-15(20)21)12-2-1-5-23-12/h1-6,11H,7-8H2,(H,17,19)(H,18,22)(H,20,21)/t11-/m1/s1. The van der Waals surface area contributed by atoms with Crippen LogP contribution in [0.3, 0.4) is 0 Å². The number of carboxylic acids is 1. The van der Waals surface area contributed by atoms with Gasteiger partial charge in [0, 0.05) is 15.3 Å². The second-order valence-electron chi connectivity index (χ2n) is 5.19. The first kappa shape index (κ1) is 16.5. The van der Waals surface area contributed by atoms with Crippen molar-refractivity contribution in [3.05, 3.63) is 46.2 Å². The minimum absolute atomic E-state index is 0.104. The number of anilines is 1. The van der Waals surface area contributed by atoms with E-state index in [2.05, 4.69) is 10.6 Å². The molecule has 2 heterocycles. The number of benzene rings is 1. The zero-order valence-electron chi connectivity index (χ0n) is 12.4. The van der Waals surface area contributed by atoms with Gasteiger partial charge in [0.1, 0.15) is 0 Å². The number of amides is 2. The van der Waals surface area contributed by atoms with Crippen LogP contribution >= 0.6 is 23.1 Å². The Balaban J connectivity index is 1.79. The average Bonchev–Trinajstić information content (AvgIpc) is 3.07. The van der Waals surface area contributed by atoms with Crippen molar-refractivity contribution in [1.29, 1.82) is 0 Å². The maximum absolute atomic E-state index is 12.5. The van der Waals surface area contributed by atoms with Gasteiger partial charge in [-0.05, 0) is 29.6 Å². The largest absolute Gasteiger partial charge is 0.481 e. The fourth-order valence-corrected chi connectivity index (χ4v) is 3.92. The van der Waals surface area contributed by atoms with Crippen molar-refractivity contribution >= 4 is 46.6 Å². The SMILES string of the molecule is O=C(O)C[C@@H](NC(=O)c1ccc2c(c1)NC(=O)CS2)c1cccs1. The first-order valence-corrected chi connectivity index (χ1v) is 9.02. The first-order chi connectivity index (χ1) is 11.5. The van der Waals surface area contributed by atoms with Gasteiger partial charge in [-0.2, -0.15) is 0 Å². The molecular weight excluding hydrogens is 348 g/mol. The molecule has 24 heavy (non-hydrogen) atoms. The normalized spacial score (nSPS) is 14.4. The van der Waals surface area contributed by atoms with E-state index in [4.69, 9.17) is 5.11 Å². The van der Waals surface area contributed by atoms with Crippen LogP contribution in [0, 0.1) is 0 Å². The highest BCUT2D eigenvalue weighted by molar-refractivity contribution is 8.00. The number of nitrogens with one attached hydrogen (secondary N) is 2. The van der Waals surface area contributed by atoms with Crippen molar-refractivity contribution in [2.75, 3.05) is 11.1 Å². The van der Waals surface area contributed by atoms with E-state index in [1.165, 1.54) is 23.1 Å². The summed E-state index contributed by atoms with van der Waals surface area (Å²) in [6, 6.07) is 8.09. The van der Waals surface area contributed by atoms with Gasteiger partial charge in [0.15, 0.2) is 0 Å². The second kappa shape index (κ2) is 7.06. The third-order valence-electron chi connectivity index (χ3n) is 3.45. The van der Waals surface area contributed by atoms with Crippen LogP contribution in [-0.2, 0) is 9.59 Å². The maximum atomic E-state index is 12.5. The average molecular weight is 362 g/mol. The van der Waals surface area contributed by atoms with Crippen molar-refractivity contribution < 1.29 is 19.5 Å². The molecule has 0 radical (unpaired) electrons. The van der Waals surface area contributed by atoms with Crippen LogP contribution in [-0.4, -0.2) is 28.6 Å². The highest BCUT2D eigenvalue weighted by Crippen LogP contribution is 2.32. The van der Waals surface area contributed by atoms with Gasteiger partial charge in [-0.3, -0.25) is 14.4 Å². The van der Waals surface area contributed by atoms with Gasteiger partial charge in [0.25, 0.3) is 5.91 Å². The Hall–Kier alpha value is -2.32. The van der Waals surface area contributed by atoms with E-state index in [1.54, 1.807) is 24.3 Å². The lowest BCUT2D eigenvalue weighted by Gasteiger charge is -2.19. The Bertz CT molecular complexity index is 789. The number of aliphatic carboxylic acids is 1. The molecule has 1 aliphatic heterocycles. The molecule has 1 aromatic heterocycles. The molecule has 0 bridgehead atoms. The van der Waals surface area contributed by atoms with Crippen LogP contribution in [0.2, 0.25) is 0 Å². The smallest absolute Gasteiger partial charge is 0.305 e. The fourth-order valence-electron chi connectivity index (χ4n) is 2.35. The summed E-state index contributed by atoms with van der Waals surface area (Å²) in [7, 11) is 0. The molecule has 0 saturated carbocycles. The summed E-state index contributed by atoms with van der Waals surface area (Å²) in [6.45, 7) is 0. The molecule has 3 N–H and O–H groups in total. The van der Waals surface area contributed by atoms with Crippen LogP contribution in [0.15, 0.2) is 40.6 Å². The van der Waals surface area contributed by atoms with Gasteiger partial charge >= 0.3 is 5.97 Å². The fraction of sp³-hybridized carbons (Fsp3) is 0.188. The Labute approximate surface area is 146 Å². The molecule has 2 amide bonds. The number of hydrogen-bond acceptors (Lipinski definition) is 5. The Morgan fingerprint density at radius 1 is 1.33 bits per heavy atom. The van der Waals surface area contributed by atoms with Crippen molar-refractivity contribution in [1.82, 2.24) is 5.32 Å². The topological polar surface area (TPSA) is 95.5 Å². The number of thiophene rings is 1.